The Balaban J connectivity index is 1.57. The number of hydrogen-bond donors (Lipinski definition) is 2. The van der Waals surface area contributed by atoms with E-state index in [1.165, 1.54) is 37.8 Å². The summed E-state index contributed by atoms with van der Waals surface area (Å²) in [5, 5.41) is 13.2. The lowest BCUT2D eigenvalue weighted by atomic mass is 10.00. The van der Waals surface area contributed by atoms with Crippen molar-refractivity contribution in [3.63, 3.8) is 0 Å². The summed E-state index contributed by atoms with van der Waals surface area (Å²) in [4.78, 5) is 0. The first-order valence-corrected chi connectivity index (χ1v) is 7.37. The summed E-state index contributed by atoms with van der Waals surface area (Å²) < 4.78 is 12.7. The number of hydrogen-bond acceptors (Lipinski definition) is 2. The van der Waals surface area contributed by atoms with Crippen LogP contribution in [0.4, 0.5) is 4.39 Å². The highest BCUT2D eigenvalue weighted by atomic mass is 19.1. The van der Waals surface area contributed by atoms with Crippen molar-refractivity contribution >= 4 is 0 Å². The fourth-order valence-electron chi connectivity index (χ4n) is 2.87. The molecule has 1 aliphatic rings. The summed E-state index contributed by atoms with van der Waals surface area (Å²) in [5.74, 6) is 0.539. The van der Waals surface area contributed by atoms with Crippen LogP contribution in [0.25, 0.3) is 0 Å². The zero-order valence-electron chi connectivity index (χ0n) is 11.4. The van der Waals surface area contributed by atoms with E-state index in [9.17, 15) is 9.50 Å². The molecule has 0 aromatic heterocycles. The standard InChI is InChI=1S/C16H24FNO/c17-15-7-5-13(6-8-15)9-10-18-12-16(19)11-14-3-1-2-4-14/h5-8,14,16,18-19H,1-4,9-12H2. The van der Waals surface area contributed by atoms with Crippen LogP contribution in [0.3, 0.4) is 0 Å². The van der Waals surface area contributed by atoms with Gasteiger partial charge in [-0.15, -0.1) is 0 Å². The normalized spacial score (nSPS) is 17.8. The highest BCUT2D eigenvalue weighted by Crippen LogP contribution is 2.28. The first kappa shape index (κ1) is 14.5. The van der Waals surface area contributed by atoms with Gasteiger partial charge in [0.05, 0.1) is 6.10 Å². The molecular weight excluding hydrogens is 241 g/mol. The van der Waals surface area contributed by atoms with E-state index in [1.807, 2.05) is 12.1 Å². The average Bonchev–Trinajstić information content (AvgIpc) is 2.89. The molecule has 0 aliphatic heterocycles. The third kappa shape index (κ3) is 5.29. The van der Waals surface area contributed by atoms with Gasteiger partial charge in [-0.25, -0.2) is 4.39 Å². The highest BCUT2D eigenvalue weighted by Gasteiger charge is 2.18. The van der Waals surface area contributed by atoms with Crippen LogP contribution < -0.4 is 5.32 Å². The Morgan fingerprint density at radius 1 is 1.21 bits per heavy atom. The second-order valence-electron chi connectivity index (χ2n) is 5.62. The first-order chi connectivity index (χ1) is 9.24. The van der Waals surface area contributed by atoms with Gasteiger partial charge in [0, 0.05) is 6.54 Å². The number of nitrogens with one attached hydrogen (secondary N) is 1. The molecule has 2 N–H and O–H groups in total. The van der Waals surface area contributed by atoms with Gasteiger partial charge in [0.15, 0.2) is 0 Å². The second kappa shape index (κ2) is 7.61. The molecule has 1 aromatic carbocycles. The Bertz CT molecular complexity index is 360. The molecule has 0 bridgehead atoms. The van der Waals surface area contributed by atoms with E-state index in [2.05, 4.69) is 5.32 Å². The van der Waals surface area contributed by atoms with Crippen molar-refractivity contribution in [2.45, 2.75) is 44.6 Å². The molecule has 0 heterocycles. The number of benzene rings is 1. The van der Waals surface area contributed by atoms with Gasteiger partial charge in [-0.3, -0.25) is 0 Å². The smallest absolute Gasteiger partial charge is 0.123 e. The van der Waals surface area contributed by atoms with Gasteiger partial charge in [0.25, 0.3) is 0 Å². The van der Waals surface area contributed by atoms with Crippen molar-refractivity contribution in [2.24, 2.45) is 5.92 Å². The van der Waals surface area contributed by atoms with Gasteiger partial charge in [-0.2, -0.15) is 0 Å². The van der Waals surface area contributed by atoms with E-state index >= 15 is 0 Å². The average molecular weight is 265 g/mol. The van der Waals surface area contributed by atoms with Crippen LogP contribution in [0.1, 0.15) is 37.7 Å². The lowest BCUT2D eigenvalue weighted by Gasteiger charge is -2.15. The van der Waals surface area contributed by atoms with Crippen molar-refractivity contribution in [3.8, 4) is 0 Å². The van der Waals surface area contributed by atoms with Gasteiger partial charge < -0.3 is 10.4 Å². The molecule has 1 saturated carbocycles. The van der Waals surface area contributed by atoms with E-state index in [0.29, 0.717) is 6.54 Å². The molecule has 2 rings (SSSR count). The summed E-state index contributed by atoms with van der Waals surface area (Å²) >= 11 is 0. The summed E-state index contributed by atoms with van der Waals surface area (Å²) in [5.41, 5.74) is 1.12. The maximum atomic E-state index is 12.7. The molecule has 3 heteroatoms. The predicted molar refractivity (Wildman–Crippen MR) is 75.6 cm³/mol. The molecule has 19 heavy (non-hydrogen) atoms. The topological polar surface area (TPSA) is 32.3 Å². The lowest BCUT2D eigenvalue weighted by molar-refractivity contribution is 0.141. The summed E-state index contributed by atoms with van der Waals surface area (Å²) in [6.45, 7) is 1.49. The van der Waals surface area contributed by atoms with Crippen molar-refractivity contribution < 1.29 is 9.50 Å². The highest BCUT2D eigenvalue weighted by molar-refractivity contribution is 5.16. The van der Waals surface area contributed by atoms with E-state index < -0.39 is 0 Å². The number of aliphatic hydroxyl groups is 1. The largest absolute Gasteiger partial charge is 0.392 e. The van der Waals surface area contributed by atoms with Crippen molar-refractivity contribution in [2.75, 3.05) is 13.1 Å². The van der Waals surface area contributed by atoms with Crippen LogP contribution in [-0.4, -0.2) is 24.3 Å². The molecular formula is C16H24FNO. The minimum atomic E-state index is -0.226. The zero-order valence-corrected chi connectivity index (χ0v) is 11.4. The van der Waals surface area contributed by atoms with Crippen LogP contribution in [0, 0.1) is 11.7 Å². The SMILES string of the molecule is OC(CNCCc1ccc(F)cc1)CC1CCCC1. The van der Waals surface area contributed by atoms with Gasteiger partial charge in [-0.1, -0.05) is 37.8 Å². The Morgan fingerprint density at radius 3 is 2.58 bits per heavy atom. The van der Waals surface area contributed by atoms with E-state index in [-0.39, 0.29) is 11.9 Å². The third-order valence-corrected chi connectivity index (χ3v) is 3.96. The van der Waals surface area contributed by atoms with Gasteiger partial charge in [-0.05, 0) is 43.0 Å². The van der Waals surface area contributed by atoms with Gasteiger partial charge >= 0.3 is 0 Å². The minimum absolute atomic E-state index is 0.191. The molecule has 0 radical (unpaired) electrons. The van der Waals surface area contributed by atoms with Crippen molar-refractivity contribution in [3.05, 3.63) is 35.6 Å². The predicted octanol–water partition coefficient (Wildman–Crippen LogP) is 2.90. The quantitative estimate of drug-likeness (QED) is 0.743. The molecule has 2 nitrogen and oxygen atoms in total. The molecule has 106 valence electrons. The molecule has 1 atom stereocenters. The monoisotopic (exact) mass is 265 g/mol. The molecule has 0 amide bonds. The fraction of sp³-hybridized carbons (Fsp3) is 0.625. The Kier molecular flexibility index (Phi) is 5.80. The third-order valence-electron chi connectivity index (χ3n) is 3.96. The molecule has 0 spiro atoms. The molecule has 1 fully saturated rings. The lowest BCUT2D eigenvalue weighted by Crippen LogP contribution is -2.29. The molecule has 1 unspecified atom stereocenters. The van der Waals surface area contributed by atoms with Gasteiger partial charge in [0.1, 0.15) is 5.82 Å². The van der Waals surface area contributed by atoms with Crippen molar-refractivity contribution in [1.82, 2.24) is 5.32 Å². The van der Waals surface area contributed by atoms with Crippen LogP contribution in [-0.2, 0) is 6.42 Å². The van der Waals surface area contributed by atoms with E-state index in [1.54, 1.807) is 0 Å². The molecule has 1 aliphatic carbocycles. The minimum Gasteiger partial charge on any atom is -0.392 e. The Morgan fingerprint density at radius 2 is 1.89 bits per heavy atom. The summed E-state index contributed by atoms with van der Waals surface area (Å²) in [6.07, 6.45) is 6.81. The summed E-state index contributed by atoms with van der Waals surface area (Å²) in [7, 11) is 0. The van der Waals surface area contributed by atoms with E-state index in [4.69, 9.17) is 0 Å². The maximum absolute atomic E-state index is 12.7. The van der Waals surface area contributed by atoms with Crippen molar-refractivity contribution in [1.29, 1.82) is 0 Å². The second-order valence-corrected chi connectivity index (χ2v) is 5.62. The van der Waals surface area contributed by atoms with Crippen LogP contribution >= 0.6 is 0 Å². The summed E-state index contributed by atoms with van der Waals surface area (Å²) in [6, 6.07) is 6.60. The Hall–Kier alpha value is -0.930. The maximum Gasteiger partial charge on any atom is 0.123 e. The number of rotatable bonds is 7. The Labute approximate surface area is 115 Å². The number of aliphatic hydroxyl groups excluding tert-OH is 1. The van der Waals surface area contributed by atoms with Crippen LogP contribution in [0.2, 0.25) is 0 Å². The van der Waals surface area contributed by atoms with Gasteiger partial charge in [0.2, 0.25) is 0 Å². The van der Waals surface area contributed by atoms with E-state index in [0.717, 1.165) is 30.9 Å². The molecule has 1 aromatic rings. The molecule has 0 saturated heterocycles. The zero-order chi connectivity index (χ0) is 13.5. The first-order valence-electron chi connectivity index (χ1n) is 7.37. The van der Waals surface area contributed by atoms with Crippen LogP contribution in [0.15, 0.2) is 24.3 Å². The fourth-order valence-corrected chi connectivity index (χ4v) is 2.87. The number of halogens is 1. The van der Waals surface area contributed by atoms with Crippen LogP contribution in [0.5, 0.6) is 0 Å².